The van der Waals surface area contributed by atoms with Crippen molar-refractivity contribution in [1.82, 2.24) is 0 Å². The highest BCUT2D eigenvalue weighted by molar-refractivity contribution is 6.02. The van der Waals surface area contributed by atoms with E-state index in [4.69, 9.17) is 14.2 Å². The molecule has 0 aromatic heterocycles. The van der Waals surface area contributed by atoms with Crippen LogP contribution in [-0.4, -0.2) is 30.7 Å². The number of ketones is 1. The summed E-state index contributed by atoms with van der Waals surface area (Å²) < 4.78 is 16.8. The first-order chi connectivity index (χ1) is 14.6. The van der Waals surface area contributed by atoms with E-state index in [1.807, 2.05) is 37.3 Å². The van der Waals surface area contributed by atoms with Crippen molar-refractivity contribution in [2.45, 2.75) is 25.7 Å². The maximum Gasteiger partial charge on any atom is 0.198 e. The smallest absolute Gasteiger partial charge is 0.198 e. The summed E-state index contributed by atoms with van der Waals surface area (Å²) in [5, 5.41) is 10.8. The third-order valence-corrected chi connectivity index (χ3v) is 4.72. The normalized spacial score (nSPS) is 12.8. The molecule has 0 heterocycles. The monoisotopic (exact) mass is 406 g/mol. The Morgan fingerprint density at radius 1 is 0.900 bits per heavy atom. The number of carbonyl (C=O) groups is 1. The first kappa shape index (κ1) is 21.6. The second-order valence-corrected chi connectivity index (χ2v) is 6.74. The molecule has 1 N–H and O–H groups in total. The van der Waals surface area contributed by atoms with Crippen molar-refractivity contribution in [2.24, 2.45) is 0 Å². The molecule has 0 radical (unpaired) electrons. The van der Waals surface area contributed by atoms with Crippen LogP contribution in [-0.2, 0) is 11.3 Å². The molecular weight excluding hydrogens is 380 g/mol. The van der Waals surface area contributed by atoms with E-state index in [1.165, 1.54) is 7.11 Å². The van der Waals surface area contributed by atoms with Crippen molar-refractivity contribution in [1.29, 1.82) is 0 Å². The van der Waals surface area contributed by atoms with E-state index in [0.29, 0.717) is 30.1 Å². The zero-order chi connectivity index (χ0) is 21.3. The van der Waals surface area contributed by atoms with Gasteiger partial charge in [-0.1, -0.05) is 54.6 Å². The van der Waals surface area contributed by atoms with Crippen molar-refractivity contribution in [3.05, 3.63) is 95.6 Å². The van der Waals surface area contributed by atoms with Crippen molar-refractivity contribution < 1.29 is 24.1 Å². The summed E-state index contributed by atoms with van der Waals surface area (Å²) in [6.45, 7) is 2.80. The second kappa shape index (κ2) is 10.6. The average Bonchev–Trinajstić information content (AvgIpc) is 2.80. The number of hydrogen-bond donors (Lipinski definition) is 1. The zero-order valence-electron chi connectivity index (χ0n) is 17.2. The lowest BCUT2D eigenvalue weighted by molar-refractivity contribution is -0.00449. The van der Waals surface area contributed by atoms with E-state index in [1.54, 1.807) is 48.5 Å². The van der Waals surface area contributed by atoms with Gasteiger partial charge in [0.25, 0.3) is 0 Å². The fraction of sp³-hybridized carbons (Fsp3) is 0.240. The molecule has 0 fully saturated rings. The molecule has 0 aliphatic rings. The Morgan fingerprint density at radius 2 is 1.57 bits per heavy atom. The number of para-hydroxylation sites is 1. The van der Waals surface area contributed by atoms with Gasteiger partial charge < -0.3 is 19.3 Å². The highest BCUT2D eigenvalue weighted by Crippen LogP contribution is 2.28. The molecule has 5 heteroatoms. The lowest BCUT2D eigenvalue weighted by Crippen LogP contribution is -2.29. The quantitative estimate of drug-likeness (QED) is 0.499. The van der Waals surface area contributed by atoms with Crippen LogP contribution < -0.4 is 9.47 Å². The van der Waals surface area contributed by atoms with Crippen LogP contribution >= 0.6 is 0 Å². The summed E-state index contributed by atoms with van der Waals surface area (Å²) in [6, 6.07) is 23.8. The van der Waals surface area contributed by atoms with Gasteiger partial charge in [-0.3, -0.25) is 4.79 Å². The third-order valence-electron chi connectivity index (χ3n) is 4.72. The Balaban J connectivity index is 1.77. The van der Waals surface area contributed by atoms with Gasteiger partial charge in [-0.2, -0.15) is 0 Å². The van der Waals surface area contributed by atoms with E-state index in [2.05, 4.69) is 0 Å². The lowest BCUT2D eigenvalue weighted by Gasteiger charge is -2.22. The highest BCUT2D eigenvalue weighted by Gasteiger charge is 2.30. The summed E-state index contributed by atoms with van der Waals surface area (Å²) >= 11 is 0. The van der Waals surface area contributed by atoms with Crippen molar-refractivity contribution in [2.75, 3.05) is 13.7 Å². The Bertz CT molecular complexity index is 937. The fourth-order valence-electron chi connectivity index (χ4n) is 3.20. The Kier molecular flexibility index (Phi) is 7.60. The zero-order valence-corrected chi connectivity index (χ0v) is 17.2. The van der Waals surface area contributed by atoms with E-state index in [0.717, 1.165) is 11.3 Å². The highest BCUT2D eigenvalue weighted by atomic mass is 16.5. The SMILES string of the molecule is CCOc1ccc(C(OC)C(O)C(=O)c2ccccc2OCc2ccccc2)cc1. The maximum atomic E-state index is 13.1. The van der Waals surface area contributed by atoms with Crippen molar-refractivity contribution >= 4 is 5.78 Å². The molecule has 2 atom stereocenters. The molecule has 2 unspecified atom stereocenters. The van der Waals surface area contributed by atoms with E-state index in [-0.39, 0.29) is 0 Å². The second-order valence-electron chi connectivity index (χ2n) is 6.74. The van der Waals surface area contributed by atoms with E-state index >= 15 is 0 Å². The molecule has 0 saturated carbocycles. The van der Waals surface area contributed by atoms with Crippen LogP contribution in [0.15, 0.2) is 78.9 Å². The summed E-state index contributed by atoms with van der Waals surface area (Å²) in [5.41, 5.74) is 1.99. The summed E-state index contributed by atoms with van der Waals surface area (Å²) in [4.78, 5) is 13.1. The maximum absolute atomic E-state index is 13.1. The first-order valence-electron chi connectivity index (χ1n) is 9.87. The average molecular weight is 406 g/mol. The fourth-order valence-corrected chi connectivity index (χ4v) is 3.20. The molecule has 156 valence electrons. The van der Waals surface area contributed by atoms with Crippen LogP contribution in [0.1, 0.15) is 34.5 Å². The standard InChI is InChI=1S/C25H26O5/c1-3-29-20-15-13-19(14-16-20)25(28-2)24(27)23(26)21-11-7-8-12-22(21)30-17-18-9-5-4-6-10-18/h4-16,24-25,27H,3,17H2,1-2H3. The van der Waals surface area contributed by atoms with Crippen LogP contribution in [0.5, 0.6) is 11.5 Å². The molecule has 0 amide bonds. The first-order valence-corrected chi connectivity index (χ1v) is 9.87. The Labute approximate surface area is 176 Å². The third kappa shape index (κ3) is 5.26. The number of methoxy groups -OCH3 is 1. The van der Waals surface area contributed by atoms with Crippen LogP contribution in [0.25, 0.3) is 0 Å². The minimum atomic E-state index is -1.38. The molecule has 5 nitrogen and oxygen atoms in total. The van der Waals surface area contributed by atoms with Gasteiger partial charge in [0.15, 0.2) is 5.78 Å². The minimum absolute atomic E-state index is 0.314. The number of hydrogen-bond acceptors (Lipinski definition) is 5. The van der Waals surface area contributed by atoms with Gasteiger partial charge in [-0.15, -0.1) is 0 Å². The van der Waals surface area contributed by atoms with Gasteiger partial charge in [0.1, 0.15) is 30.3 Å². The van der Waals surface area contributed by atoms with Crippen LogP contribution in [0.2, 0.25) is 0 Å². The van der Waals surface area contributed by atoms with E-state index < -0.39 is 18.0 Å². The molecule has 0 saturated heterocycles. The van der Waals surface area contributed by atoms with Gasteiger partial charge >= 0.3 is 0 Å². The lowest BCUT2D eigenvalue weighted by atomic mass is 9.96. The molecule has 3 aromatic rings. The molecule has 0 aliphatic heterocycles. The number of Topliss-reactive ketones (excluding diaryl/α,β-unsaturated/α-hetero) is 1. The van der Waals surface area contributed by atoms with Gasteiger partial charge in [-0.05, 0) is 42.3 Å². The number of benzene rings is 3. The van der Waals surface area contributed by atoms with Gasteiger partial charge in [0.05, 0.1) is 12.2 Å². The van der Waals surface area contributed by atoms with Gasteiger partial charge in [0, 0.05) is 7.11 Å². The van der Waals surface area contributed by atoms with Gasteiger partial charge in [-0.25, -0.2) is 0 Å². The Morgan fingerprint density at radius 3 is 2.23 bits per heavy atom. The predicted molar refractivity (Wildman–Crippen MR) is 115 cm³/mol. The summed E-state index contributed by atoms with van der Waals surface area (Å²) in [6.07, 6.45) is -2.19. The molecule has 30 heavy (non-hydrogen) atoms. The van der Waals surface area contributed by atoms with Crippen molar-refractivity contribution in [3.63, 3.8) is 0 Å². The molecule has 3 rings (SSSR count). The van der Waals surface area contributed by atoms with E-state index in [9.17, 15) is 9.90 Å². The predicted octanol–water partition coefficient (Wildman–Crippen LogP) is 4.60. The number of ether oxygens (including phenoxy) is 3. The van der Waals surface area contributed by atoms with Crippen LogP contribution in [0.3, 0.4) is 0 Å². The van der Waals surface area contributed by atoms with Crippen molar-refractivity contribution in [3.8, 4) is 11.5 Å². The number of carbonyl (C=O) groups excluding carboxylic acids is 1. The molecule has 0 aliphatic carbocycles. The topological polar surface area (TPSA) is 65.0 Å². The summed E-state index contributed by atoms with van der Waals surface area (Å²) in [7, 11) is 1.47. The molecule has 0 bridgehead atoms. The molecule has 0 spiro atoms. The summed E-state index contributed by atoms with van der Waals surface area (Å²) in [5.74, 6) is 0.683. The van der Waals surface area contributed by atoms with Crippen LogP contribution in [0, 0.1) is 0 Å². The minimum Gasteiger partial charge on any atom is -0.494 e. The number of rotatable bonds is 10. The number of aliphatic hydroxyl groups excluding tert-OH is 1. The molecular formula is C25H26O5. The largest absolute Gasteiger partial charge is 0.494 e. The Hall–Kier alpha value is -3.15. The van der Waals surface area contributed by atoms with Crippen LogP contribution in [0.4, 0.5) is 0 Å². The molecule has 3 aromatic carbocycles. The van der Waals surface area contributed by atoms with Gasteiger partial charge in [0.2, 0.25) is 0 Å². The number of aliphatic hydroxyl groups is 1.